The van der Waals surface area contributed by atoms with Gasteiger partial charge in [-0.1, -0.05) is 48.2 Å². The number of hydrogen-bond acceptors (Lipinski definition) is 7. The highest BCUT2D eigenvalue weighted by atomic mass is 32.2. The van der Waals surface area contributed by atoms with E-state index in [1.54, 1.807) is 48.7 Å². The highest BCUT2D eigenvalue weighted by molar-refractivity contribution is 7.98. The van der Waals surface area contributed by atoms with Crippen molar-refractivity contribution in [1.29, 1.82) is 5.26 Å². The van der Waals surface area contributed by atoms with Crippen molar-refractivity contribution >= 4 is 29.2 Å². The molecular weight excluding hydrogens is 443 g/mol. The summed E-state index contributed by atoms with van der Waals surface area (Å²) in [7, 11) is 0. The fraction of sp³-hybridized carbons (Fsp3) is 0.130. The van der Waals surface area contributed by atoms with Crippen molar-refractivity contribution in [1.82, 2.24) is 9.97 Å². The Kier molecular flexibility index (Phi) is 4.72. The predicted molar refractivity (Wildman–Crippen MR) is 122 cm³/mol. The molecule has 0 saturated carbocycles. The van der Waals surface area contributed by atoms with Gasteiger partial charge in [-0.3, -0.25) is 9.59 Å². The molecule has 3 heterocycles. The lowest BCUT2D eigenvalue weighted by atomic mass is 9.69. The molecule has 1 amide bonds. The van der Waals surface area contributed by atoms with Crippen LogP contribution in [0.25, 0.3) is 0 Å². The van der Waals surface area contributed by atoms with Gasteiger partial charge in [0, 0.05) is 16.8 Å². The number of aromatic nitrogens is 2. The fourth-order valence-corrected chi connectivity index (χ4v) is 4.92. The Morgan fingerprint density at radius 2 is 1.94 bits per heavy atom. The van der Waals surface area contributed by atoms with Crippen molar-refractivity contribution in [3.05, 3.63) is 92.8 Å². The van der Waals surface area contributed by atoms with E-state index >= 15 is 0 Å². The van der Waals surface area contributed by atoms with Crippen LogP contribution in [0, 0.1) is 17.1 Å². The molecule has 33 heavy (non-hydrogen) atoms. The highest BCUT2D eigenvalue weighted by Crippen LogP contribution is 2.53. The first kappa shape index (κ1) is 20.8. The number of carbonyl (C=O) groups is 1. The molecule has 10 heteroatoms. The minimum atomic E-state index is -1.81. The number of carbonyl (C=O) groups excluding carboxylic acids is 1. The van der Waals surface area contributed by atoms with Gasteiger partial charge in [-0.15, -0.1) is 0 Å². The molecule has 1 atom stereocenters. The smallest absolute Gasteiger partial charge is 0.258 e. The number of nitriles is 1. The van der Waals surface area contributed by atoms with Crippen LogP contribution < -0.4 is 21.5 Å². The number of fused-ring (bicyclic) bond motifs is 4. The Morgan fingerprint density at radius 3 is 2.67 bits per heavy atom. The van der Waals surface area contributed by atoms with E-state index in [-0.39, 0.29) is 29.3 Å². The molecular formula is C23H17FN6O2S. The highest BCUT2D eigenvalue weighted by Gasteiger charge is 2.60. The largest absolute Gasteiger partial charge is 0.384 e. The Morgan fingerprint density at radius 1 is 1.21 bits per heavy atom. The Bertz CT molecular complexity index is 1460. The third-order valence-corrected chi connectivity index (χ3v) is 6.51. The second-order valence-electron chi connectivity index (χ2n) is 7.57. The van der Waals surface area contributed by atoms with Crippen LogP contribution in [0.1, 0.15) is 16.7 Å². The summed E-state index contributed by atoms with van der Waals surface area (Å²) in [4.78, 5) is 35.9. The number of nitrogens with zero attached hydrogens (tertiary/aromatic N) is 3. The molecule has 0 saturated heterocycles. The number of nitrogens with two attached hydrogens (primary N) is 1. The summed E-state index contributed by atoms with van der Waals surface area (Å²) >= 11 is 1.22. The number of rotatable bonds is 3. The van der Waals surface area contributed by atoms with E-state index in [1.165, 1.54) is 22.7 Å². The van der Waals surface area contributed by atoms with Gasteiger partial charge in [0.05, 0.1) is 17.7 Å². The zero-order valence-electron chi connectivity index (χ0n) is 17.3. The maximum atomic E-state index is 14.5. The van der Waals surface area contributed by atoms with Gasteiger partial charge < -0.3 is 20.9 Å². The van der Waals surface area contributed by atoms with E-state index in [0.29, 0.717) is 22.0 Å². The molecule has 2 aliphatic heterocycles. The second-order valence-corrected chi connectivity index (χ2v) is 8.37. The lowest BCUT2D eigenvalue weighted by Gasteiger charge is -2.34. The topological polar surface area (TPSA) is 128 Å². The first-order valence-electron chi connectivity index (χ1n) is 9.94. The Labute approximate surface area is 191 Å². The predicted octanol–water partition coefficient (Wildman–Crippen LogP) is 2.58. The van der Waals surface area contributed by atoms with E-state index in [4.69, 9.17) is 5.73 Å². The lowest BCUT2D eigenvalue weighted by molar-refractivity contribution is -0.120. The third-order valence-electron chi connectivity index (χ3n) is 5.93. The summed E-state index contributed by atoms with van der Waals surface area (Å²) in [6.07, 6.45) is 1.75. The average Bonchev–Trinajstić information content (AvgIpc) is 3.04. The molecule has 8 nitrogen and oxygen atoms in total. The zero-order valence-corrected chi connectivity index (χ0v) is 18.2. The van der Waals surface area contributed by atoms with Gasteiger partial charge in [0.25, 0.3) is 5.56 Å². The quantitative estimate of drug-likeness (QED) is 0.405. The molecule has 3 aromatic rings. The van der Waals surface area contributed by atoms with Gasteiger partial charge in [-0.2, -0.15) is 5.26 Å². The number of amides is 1. The Balaban J connectivity index is 1.83. The van der Waals surface area contributed by atoms with Crippen molar-refractivity contribution < 1.29 is 9.18 Å². The number of para-hydroxylation sites is 1. The van der Waals surface area contributed by atoms with E-state index < -0.39 is 22.7 Å². The maximum absolute atomic E-state index is 14.5. The maximum Gasteiger partial charge on any atom is 0.258 e. The van der Waals surface area contributed by atoms with Crippen LogP contribution in [0.3, 0.4) is 0 Å². The number of nitrogens with one attached hydrogen (secondary N) is 2. The van der Waals surface area contributed by atoms with Crippen LogP contribution in [0.5, 0.6) is 0 Å². The van der Waals surface area contributed by atoms with Crippen LogP contribution >= 0.6 is 11.8 Å². The van der Waals surface area contributed by atoms with Gasteiger partial charge >= 0.3 is 0 Å². The Hall–Kier alpha value is -4.10. The van der Waals surface area contributed by atoms with Crippen molar-refractivity contribution in [2.75, 3.05) is 16.5 Å². The molecule has 4 N–H and O–H groups in total. The number of H-pyrrole nitrogens is 1. The van der Waals surface area contributed by atoms with Crippen LogP contribution in [0.4, 0.5) is 15.9 Å². The number of anilines is 2. The van der Waals surface area contributed by atoms with E-state index in [2.05, 4.69) is 15.3 Å². The molecule has 2 aliphatic rings. The summed E-state index contributed by atoms with van der Waals surface area (Å²) in [6, 6.07) is 15.0. The number of halogens is 1. The molecule has 0 unspecified atom stereocenters. The molecule has 164 valence electrons. The van der Waals surface area contributed by atoms with Crippen LogP contribution in [-0.4, -0.2) is 22.1 Å². The van der Waals surface area contributed by atoms with Crippen molar-refractivity contribution in [3.8, 4) is 6.07 Å². The van der Waals surface area contributed by atoms with E-state index in [9.17, 15) is 19.2 Å². The van der Waals surface area contributed by atoms with Crippen LogP contribution in [-0.2, 0) is 16.8 Å². The van der Waals surface area contributed by atoms with Crippen molar-refractivity contribution in [2.24, 2.45) is 5.73 Å². The first-order valence-corrected chi connectivity index (χ1v) is 11.2. The molecule has 0 fully saturated rings. The molecule has 0 aliphatic carbocycles. The third kappa shape index (κ3) is 2.79. The molecule has 1 aromatic heterocycles. The van der Waals surface area contributed by atoms with Crippen molar-refractivity contribution in [3.63, 3.8) is 0 Å². The van der Waals surface area contributed by atoms with Gasteiger partial charge in [0.2, 0.25) is 5.91 Å². The summed E-state index contributed by atoms with van der Waals surface area (Å²) in [6.45, 7) is -0.0835. The van der Waals surface area contributed by atoms with Gasteiger partial charge in [-0.05, 0) is 18.4 Å². The fourth-order valence-electron chi connectivity index (χ4n) is 4.54. The molecule has 1 spiro atoms. The molecule has 5 rings (SSSR count). The molecule has 2 aromatic carbocycles. The van der Waals surface area contributed by atoms with E-state index in [0.717, 1.165) is 0 Å². The standard InChI is InChI=1S/C23H17FN6O2S/c1-33-22-28-19-17(20(31)29-22)23(14(10-25)18(26)27-19)13-7-3-5-9-16(13)30(21(23)32)11-12-6-2-4-8-15(12)24/h2-9H,11,26H2,1H3,(H2,27,28,29,31)/t23-/m1/s1. The molecule has 0 radical (unpaired) electrons. The zero-order chi connectivity index (χ0) is 23.3. The summed E-state index contributed by atoms with van der Waals surface area (Å²) in [5.41, 5.74) is 4.89. The summed E-state index contributed by atoms with van der Waals surface area (Å²) < 4.78 is 14.5. The van der Waals surface area contributed by atoms with Gasteiger partial charge in [0.1, 0.15) is 28.9 Å². The van der Waals surface area contributed by atoms with Crippen molar-refractivity contribution in [2.45, 2.75) is 17.1 Å². The van der Waals surface area contributed by atoms with Gasteiger partial charge in [0.15, 0.2) is 5.16 Å². The minimum absolute atomic E-state index is 0.0143. The summed E-state index contributed by atoms with van der Waals surface area (Å²) in [5, 5.41) is 13.2. The first-order chi connectivity index (χ1) is 15.9. The summed E-state index contributed by atoms with van der Waals surface area (Å²) in [5.74, 6) is -0.992. The number of aromatic amines is 1. The van der Waals surface area contributed by atoms with Gasteiger partial charge in [-0.25, -0.2) is 9.37 Å². The molecule has 0 bridgehead atoms. The normalized spacial score (nSPS) is 18.7. The monoisotopic (exact) mass is 460 g/mol. The number of hydrogen-bond donors (Lipinski definition) is 3. The number of thioether (sulfide) groups is 1. The second kappa shape index (κ2) is 7.50. The SMILES string of the molecule is CSc1nc2c(c(=O)[nH]1)[C@]1(C(=O)N(Cc3ccccc3F)c3ccccc31)C(C#N)=C(N)N2. The number of benzene rings is 2. The van der Waals surface area contributed by atoms with Crippen LogP contribution in [0.2, 0.25) is 0 Å². The minimum Gasteiger partial charge on any atom is -0.384 e. The average molecular weight is 460 g/mol. The lowest BCUT2D eigenvalue weighted by Crippen LogP contribution is -2.49. The van der Waals surface area contributed by atoms with E-state index in [1.807, 2.05) is 6.07 Å². The van der Waals surface area contributed by atoms with Crippen LogP contribution in [0.15, 0.2) is 69.9 Å².